The number of hydrogen-bond donors (Lipinski definition) is 1. The molecule has 2 rings (SSSR count). The summed E-state index contributed by atoms with van der Waals surface area (Å²) in [7, 11) is 0. The van der Waals surface area contributed by atoms with Crippen LogP contribution in [-0.4, -0.2) is 5.11 Å². The molecule has 1 aliphatic rings. The Morgan fingerprint density at radius 3 is 2.60 bits per heavy atom. The number of fused-ring (bicyclic) bond motifs is 1. The van der Waals surface area contributed by atoms with Crippen LogP contribution in [0.3, 0.4) is 0 Å². The largest absolute Gasteiger partial charge is 0.385 e. The lowest BCUT2D eigenvalue weighted by Gasteiger charge is -2.38. The van der Waals surface area contributed by atoms with Crippen molar-refractivity contribution in [2.45, 2.75) is 39.2 Å². The molecule has 1 nitrogen and oxygen atoms in total. The second-order valence-electron chi connectivity index (χ2n) is 5.38. The van der Waals surface area contributed by atoms with Crippen LogP contribution in [0.1, 0.15) is 38.3 Å². The van der Waals surface area contributed by atoms with Gasteiger partial charge in [-0.25, -0.2) is 4.39 Å². The first-order chi connectivity index (χ1) is 6.86. The van der Waals surface area contributed by atoms with Crippen LogP contribution >= 0.6 is 0 Å². The first-order valence-corrected chi connectivity index (χ1v) is 5.36. The summed E-state index contributed by atoms with van der Waals surface area (Å²) in [4.78, 5) is 0. The molecule has 1 atom stereocenters. The lowest BCUT2D eigenvalue weighted by atomic mass is 9.73. The Labute approximate surface area is 89.9 Å². The van der Waals surface area contributed by atoms with Gasteiger partial charge < -0.3 is 5.11 Å². The van der Waals surface area contributed by atoms with E-state index in [1.165, 1.54) is 6.07 Å². The molecule has 0 spiro atoms. The zero-order valence-corrected chi connectivity index (χ0v) is 9.47. The van der Waals surface area contributed by atoms with E-state index < -0.39 is 5.60 Å². The number of halogens is 1. The van der Waals surface area contributed by atoms with Crippen molar-refractivity contribution in [1.29, 1.82) is 0 Å². The molecule has 0 heterocycles. The van der Waals surface area contributed by atoms with E-state index in [0.29, 0.717) is 18.4 Å². The average molecular weight is 208 g/mol. The fraction of sp³-hybridized carbons (Fsp3) is 0.538. The maximum atomic E-state index is 13.5. The number of hydrogen-bond acceptors (Lipinski definition) is 1. The fourth-order valence-corrected chi connectivity index (χ4v) is 2.42. The van der Waals surface area contributed by atoms with Gasteiger partial charge in [-0.3, -0.25) is 0 Å². The lowest BCUT2D eigenvalue weighted by Crippen LogP contribution is -2.37. The van der Waals surface area contributed by atoms with Crippen LogP contribution in [0.4, 0.5) is 4.39 Å². The van der Waals surface area contributed by atoms with Gasteiger partial charge in [-0.1, -0.05) is 32.9 Å². The monoisotopic (exact) mass is 208 g/mol. The number of benzene rings is 1. The van der Waals surface area contributed by atoms with E-state index in [1.54, 1.807) is 6.07 Å². The molecule has 1 N–H and O–H groups in total. The first-order valence-electron chi connectivity index (χ1n) is 5.36. The summed E-state index contributed by atoms with van der Waals surface area (Å²) in [6.45, 7) is 5.98. The van der Waals surface area contributed by atoms with Crippen LogP contribution in [0, 0.1) is 11.2 Å². The van der Waals surface area contributed by atoms with E-state index in [4.69, 9.17) is 0 Å². The number of rotatable bonds is 0. The Kier molecular flexibility index (Phi) is 2.16. The Balaban J connectivity index is 2.58. The van der Waals surface area contributed by atoms with Gasteiger partial charge in [0.15, 0.2) is 0 Å². The summed E-state index contributed by atoms with van der Waals surface area (Å²) < 4.78 is 13.5. The van der Waals surface area contributed by atoms with Crippen molar-refractivity contribution in [2.24, 2.45) is 5.41 Å². The van der Waals surface area contributed by atoms with Crippen LogP contribution in [0.15, 0.2) is 18.2 Å². The van der Waals surface area contributed by atoms with E-state index in [2.05, 4.69) is 0 Å². The highest BCUT2D eigenvalue weighted by atomic mass is 19.1. The third kappa shape index (κ3) is 1.39. The Bertz CT molecular complexity index is 392. The first kappa shape index (κ1) is 10.6. The van der Waals surface area contributed by atoms with E-state index in [9.17, 15) is 9.50 Å². The van der Waals surface area contributed by atoms with Gasteiger partial charge in [0.25, 0.3) is 0 Å². The highest BCUT2D eigenvalue weighted by molar-refractivity contribution is 5.39. The predicted molar refractivity (Wildman–Crippen MR) is 58.1 cm³/mol. The van der Waals surface area contributed by atoms with Gasteiger partial charge in [-0.2, -0.15) is 0 Å². The molecule has 1 aromatic rings. The molecule has 0 bridgehead atoms. The molecule has 1 unspecified atom stereocenters. The maximum absolute atomic E-state index is 13.5. The Hall–Kier alpha value is -0.890. The minimum atomic E-state index is -0.884. The summed E-state index contributed by atoms with van der Waals surface area (Å²) >= 11 is 0. The van der Waals surface area contributed by atoms with Crippen LogP contribution < -0.4 is 0 Å². The van der Waals surface area contributed by atoms with Crippen molar-refractivity contribution in [3.05, 3.63) is 35.1 Å². The van der Waals surface area contributed by atoms with Crippen LogP contribution in [-0.2, 0) is 12.0 Å². The standard InChI is InChI=1S/C13H17FO/c1-12(2,3)13(15)8-7-9-10(13)5-4-6-11(9)14/h4-6,15H,7-8H2,1-3H3. The molecule has 0 radical (unpaired) electrons. The Morgan fingerprint density at radius 1 is 1.33 bits per heavy atom. The highest BCUT2D eigenvalue weighted by Gasteiger charge is 2.46. The molecule has 2 heteroatoms. The van der Waals surface area contributed by atoms with Crippen molar-refractivity contribution in [1.82, 2.24) is 0 Å². The molecule has 0 amide bonds. The average Bonchev–Trinajstić information content (AvgIpc) is 2.46. The molecule has 82 valence electrons. The quantitative estimate of drug-likeness (QED) is 0.695. The SMILES string of the molecule is CC(C)(C)C1(O)CCc2c(F)cccc21. The summed E-state index contributed by atoms with van der Waals surface area (Å²) in [5.41, 5.74) is 0.321. The molecule has 0 saturated carbocycles. The van der Waals surface area contributed by atoms with Gasteiger partial charge in [0, 0.05) is 0 Å². The topological polar surface area (TPSA) is 20.2 Å². The Morgan fingerprint density at radius 2 is 2.00 bits per heavy atom. The summed E-state index contributed by atoms with van der Waals surface area (Å²) in [6.07, 6.45) is 1.25. The molecular weight excluding hydrogens is 191 g/mol. The summed E-state index contributed by atoms with van der Waals surface area (Å²) in [5.74, 6) is -0.187. The molecule has 1 aliphatic carbocycles. The van der Waals surface area contributed by atoms with Crippen LogP contribution in [0.2, 0.25) is 0 Å². The van der Waals surface area contributed by atoms with Crippen molar-refractivity contribution < 1.29 is 9.50 Å². The van der Waals surface area contributed by atoms with Gasteiger partial charge in [0.05, 0.1) is 5.60 Å². The van der Waals surface area contributed by atoms with Gasteiger partial charge in [0.2, 0.25) is 0 Å². The molecule has 0 fully saturated rings. The van der Waals surface area contributed by atoms with Gasteiger partial charge in [-0.15, -0.1) is 0 Å². The molecule has 0 aromatic heterocycles. The van der Waals surface area contributed by atoms with E-state index in [-0.39, 0.29) is 11.2 Å². The fourth-order valence-electron chi connectivity index (χ4n) is 2.42. The second-order valence-corrected chi connectivity index (χ2v) is 5.38. The van der Waals surface area contributed by atoms with E-state index >= 15 is 0 Å². The normalized spacial score (nSPS) is 25.4. The third-order valence-electron chi connectivity index (χ3n) is 3.54. The second kappa shape index (κ2) is 3.05. The van der Waals surface area contributed by atoms with Crippen LogP contribution in [0.25, 0.3) is 0 Å². The van der Waals surface area contributed by atoms with Gasteiger partial charge >= 0.3 is 0 Å². The zero-order chi connectivity index (χ0) is 11.3. The molecule has 0 saturated heterocycles. The predicted octanol–water partition coefficient (Wildman–Crippen LogP) is 3.01. The smallest absolute Gasteiger partial charge is 0.126 e. The van der Waals surface area contributed by atoms with Crippen LogP contribution in [0.5, 0.6) is 0 Å². The molecule has 15 heavy (non-hydrogen) atoms. The van der Waals surface area contributed by atoms with Gasteiger partial charge in [0.1, 0.15) is 5.82 Å². The maximum Gasteiger partial charge on any atom is 0.126 e. The minimum Gasteiger partial charge on any atom is -0.385 e. The van der Waals surface area contributed by atoms with Crippen molar-refractivity contribution in [3.63, 3.8) is 0 Å². The van der Waals surface area contributed by atoms with Crippen molar-refractivity contribution >= 4 is 0 Å². The number of aliphatic hydroxyl groups is 1. The lowest BCUT2D eigenvalue weighted by molar-refractivity contribution is -0.0623. The van der Waals surface area contributed by atoms with E-state index in [0.717, 1.165) is 5.56 Å². The third-order valence-corrected chi connectivity index (χ3v) is 3.54. The summed E-state index contributed by atoms with van der Waals surface area (Å²) in [6, 6.07) is 4.99. The highest BCUT2D eigenvalue weighted by Crippen LogP contribution is 2.48. The summed E-state index contributed by atoms with van der Waals surface area (Å²) in [5, 5.41) is 10.6. The molecule has 1 aromatic carbocycles. The molecule has 0 aliphatic heterocycles. The zero-order valence-electron chi connectivity index (χ0n) is 9.47. The van der Waals surface area contributed by atoms with Gasteiger partial charge in [-0.05, 0) is 35.4 Å². The minimum absolute atomic E-state index is 0.187. The van der Waals surface area contributed by atoms with Crippen molar-refractivity contribution in [2.75, 3.05) is 0 Å². The molecular formula is C13H17FO. The van der Waals surface area contributed by atoms with E-state index in [1.807, 2.05) is 26.8 Å². The van der Waals surface area contributed by atoms with Crippen molar-refractivity contribution in [3.8, 4) is 0 Å².